The fourth-order valence-electron chi connectivity index (χ4n) is 11.2. The van der Waals surface area contributed by atoms with Crippen LogP contribution in [-0.2, 0) is 37.2 Å². The first-order valence-electron chi connectivity index (χ1n) is 24.7. The molecule has 4 aromatic carbocycles. The summed E-state index contributed by atoms with van der Waals surface area (Å²) in [5.74, 6) is -0.200. The van der Waals surface area contributed by atoms with Crippen molar-refractivity contribution in [3.05, 3.63) is 117 Å². The molecule has 0 spiro atoms. The summed E-state index contributed by atoms with van der Waals surface area (Å²) in [6, 6.07) is 28.1. The maximum Gasteiger partial charge on any atom is 0.494 e. The Morgan fingerprint density at radius 2 is 0.429 bits per heavy atom. The van der Waals surface area contributed by atoms with Crippen LogP contribution in [0.2, 0.25) is 0 Å². The molecule has 10 aliphatic rings. The molecule has 0 saturated carbocycles. The normalized spacial score (nSPS) is 27.6. The molecule has 8 nitrogen and oxygen atoms in total. The van der Waals surface area contributed by atoms with Gasteiger partial charge in [-0.1, -0.05) is 72.8 Å². The van der Waals surface area contributed by atoms with E-state index < -0.39 is 73.3 Å². The van der Waals surface area contributed by atoms with Gasteiger partial charge in [-0.3, -0.25) is 0 Å². The Balaban J connectivity index is 0.000000967. The highest BCUT2D eigenvalue weighted by Crippen LogP contribution is 2.64. The molecule has 0 unspecified atom stereocenters. The van der Waals surface area contributed by atoms with Gasteiger partial charge in [0.05, 0.1) is 55.5 Å². The number of hydrogen-bond donors (Lipinski definition) is 0. The lowest BCUT2D eigenvalue weighted by atomic mass is 9.51. The molecule has 4 aromatic rings. The largest absolute Gasteiger partial charge is 0.494 e. The molecule has 4 aliphatic heterocycles. The molecule has 14 rings (SSSR count). The topological polar surface area (TPSA) is 73.8 Å². The van der Waals surface area contributed by atoms with E-state index in [1.807, 2.05) is 0 Å². The van der Waals surface area contributed by atoms with Crippen molar-refractivity contribution in [3.63, 3.8) is 0 Å². The van der Waals surface area contributed by atoms with Crippen molar-refractivity contribution >= 4 is 96.7 Å². The Kier molecular flexibility index (Phi) is 13.4. The van der Waals surface area contributed by atoms with Crippen molar-refractivity contribution in [2.24, 2.45) is 0 Å². The van der Waals surface area contributed by atoms with E-state index in [9.17, 15) is 0 Å². The van der Waals surface area contributed by atoms with E-state index in [2.05, 4.69) is 184 Å². The van der Waals surface area contributed by atoms with E-state index >= 15 is 0 Å². The Morgan fingerprint density at radius 3 is 0.571 bits per heavy atom. The van der Waals surface area contributed by atoms with Crippen LogP contribution < -0.4 is 21.9 Å². The summed E-state index contributed by atoms with van der Waals surface area (Å²) in [7, 11) is -1.95. The number of alkyl halides is 4. The second-order valence-electron chi connectivity index (χ2n) is 24.0. The van der Waals surface area contributed by atoms with E-state index in [0.29, 0.717) is 0 Å². The van der Waals surface area contributed by atoms with E-state index in [0.717, 1.165) is 21.9 Å². The summed E-state index contributed by atoms with van der Waals surface area (Å²) >= 11 is 19.1. The third kappa shape index (κ3) is 8.41. The predicted octanol–water partition coefficient (Wildman–Crippen LogP) is 10.6. The first-order chi connectivity index (χ1) is 32.5. The van der Waals surface area contributed by atoms with Crippen molar-refractivity contribution in [2.75, 3.05) is 10.7 Å². The lowest BCUT2D eigenvalue weighted by molar-refractivity contribution is 0.00578. The molecule has 6 aliphatic carbocycles. The highest BCUT2D eigenvalue weighted by atomic mass is 35.5. The highest BCUT2D eigenvalue weighted by Gasteiger charge is 2.58. The molecule has 0 amide bonds. The standard InChI is InChI=1S/C52H64B4O8.2CH2Cl2/c1-45(2)46(3,4)58-53(57-45)29-17-21-33-37(25-29)41-34-22-18-30(54-59-47(5,6)48(7,8)60-54)26-38(34)42(33)44-36-24-20-31(55-61-49(9,10)50(11,12)62-55)27-39(36)43(41)35-23-19-32(28-40(35)44)56-63-51(13,14)52(15,16)64-56;2*2-1-3/h17-28,41-44H,1-16H3;2*1H2/t41-,42-,43+,44+;;. The molecule has 0 aromatic heterocycles. The number of rotatable bonds is 4. The minimum Gasteiger partial charge on any atom is -0.399 e. The van der Waals surface area contributed by atoms with Gasteiger partial charge >= 0.3 is 28.5 Å². The number of hydrogen-bond acceptors (Lipinski definition) is 8. The Labute approximate surface area is 438 Å². The third-order valence-electron chi connectivity index (χ3n) is 17.9. The van der Waals surface area contributed by atoms with Crippen LogP contribution in [0.3, 0.4) is 0 Å². The van der Waals surface area contributed by atoms with Gasteiger partial charge in [0.15, 0.2) is 0 Å². The fraction of sp³-hybridized carbons (Fsp3) is 0.556. The van der Waals surface area contributed by atoms with Crippen molar-refractivity contribution in [1.29, 1.82) is 0 Å². The molecular formula is C54H68B4Cl4O8. The summed E-state index contributed by atoms with van der Waals surface area (Å²) in [5, 5.41) is 0.389. The minimum atomic E-state index is -0.487. The van der Waals surface area contributed by atoms with Crippen molar-refractivity contribution in [3.8, 4) is 0 Å². The third-order valence-corrected chi connectivity index (χ3v) is 17.9. The van der Waals surface area contributed by atoms with Crippen LogP contribution in [-0.4, -0.2) is 84.0 Å². The molecular weight excluding hydrogens is 962 g/mol. The quantitative estimate of drug-likeness (QED) is 0.148. The Bertz CT molecular complexity index is 2270. The average molecular weight is 1030 g/mol. The van der Waals surface area contributed by atoms with Crippen LogP contribution in [0, 0.1) is 0 Å². The molecule has 4 bridgehead atoms. The van der Waals surface area contributed by atoms with Gasteiger partial charge in [-0.05, 0) is 177 Å². The average Bonchev–Trinajstić information content (AvgIpc) is 3.81. The van der Waals surface area contributed by atoms with E-state index in [4.69, 9.17) is 83.6 Å². The number of benzene rings is 4. The van der Waals surface area contributed by atoms with Crippen LogP contribution in [0.5, 0.6) is 0 Å². The first-order valence-corrected chi connectivity index (χ1v) is 26.8. The van der Waals surface area contributed by atoms with Crippen molar-refractivity contribution in [1.82, 2.24) is 0 Å². The number of halogens is 4. The van der Waals surface area contributed by atoms with Crippen LogP contribution in [0.15, 0.2) is 72.8 Å². The SMILES string of the molecule is CC1(C)OB(c2ccc3c(c2)[C@H]2c4ccc(B5OC(C)(C)C(C)(C)O5)cc4[C@@H]3[C@H]3c4ccc(B5OC(C)(C)C(C)(C)O5)cc4[C@@H]2c2ccc(B4OC(C)(C)C(C)(C)O4)cc23)OC1(C)C.ClCCl.ClCCl. The van der Waals surface area contributed by atoms with Crippen LogP contribution in [0.1, 0.15) is 179 Å². The Morgan fingerprint density at radius 1 is 0.286 bits per heavy atom. The van der Waals surface area contributed by atoms with Gasteiger partial charge in [0.25, 0.3) is 0 Å². The van der Waals surface area contributed by atoms with Gasteiger partial charge in [0.1, 0.15) is 0 Å². The monoisotopic (exact) mass is 1030 g/mol. The van der Waals surface area contributed by atoms with Gasteiger partial charge in [0, 0.05) is 23.7 Å². The van der Waals surface area contributed by atoms with Crippen molar-refractivity contribution < 1.29 is 37.2 Å². The van der Waals surface area contributed by atoms with Gasteiger partial charge in [-0.25, -0.2) is 0 Å². The fourth-order valence-corrected chi connectivity index (χ4v) is 11.2. The van der Waals surface area contributed by atoms with Gasteiger partial charge in [-0.15, -0.1) is 46.4 Å². The lowest BCUT2D eigenvalue weighted by Crippen LogP contribution is -2.42. The zero-order valence-electron chi connectivity index (χ0n) is 43.7. The second kappa shape index (κ2) is 17.8. The van der Waals surface area contributed by atoms with Crippen LogP contribution >= 0.6 is 46.4 Å². The molecule has 0 N–H and O–H groups in total. The highest BCUT2D eigenvalue weighted by molar-refractivity contribution is 6.63. The van der Waals surface area contributed by atoms with E-state index in [1.165, 1.54) is 44.5 Å². The summed E-state index contributed by atoms with van der Waals surface area (Å²) in [6.45, 7) is 34.0. The minimum absolute atomic E-state index is 0.0500. The summed E-state index contributed by atoms with van der Waals surface area (Å²) in [6.07, 6.45) is 0. The molecule has 70 heavy (non-hydrogen) atoms. The van der Waals surface area contributed by atoms with Crippen LogP contribution in [0.4, 0.5) is 0 Å². The summed E-state index contributed by atoms with van der Waals surface area (Å²) < 4.78 is 53.8. The first kappa shape index (κ1) is 52.8. The molecule has 4 saturated heterocycles. The van der Waals surface area contributed by atoms with E-state index in [1.54, 1.807) is 0 Å². The maximum absolute atomic E-state index is 6.72. The molecule has 0 radical (unpaired) electrons. The molecule has 4 fully saturated rings. The zero-order valence-corrected chi connectivity index (χ0v) is 46.8. The maximum atomic E-state index is 6.72. The predicted molar refractivity (Wildman–Crippen MR) is 289 cm³/mol. The summed E-state index contributed by atoms with van der Waals surface area (Å²) in [5.41, 5.74) is 11.0. The Hall–Kier alpha value is -2.02. The molecule has 372 valence electrons. The van der Waals surface area contributed by atoms with Gasteiger partial charge in [0.2, 0.25) is 0 Å². The molecule has 16 heteroatoms. The van der Waals surface area contributed by atoms with Gasteiger partial charge < -0.3 is 37.2 Å². The van der Waals surface area contributed by atoms with Gasteiger partial charge in [-0.2, -0.15) is 0 Å². The van der Waals surface area contributed by atoms with Crippen molar-refractivity contribution in [2.45, 2.75) is 179 Å². The summed E-state index contributed by atoms with van der Waals surface area (Å²) in [4.78, 5) is 0. The molecule has 4 heterocycles. The second-order valence-corrected chi connectivity index (χ2v) is 25.6. The zero-order chi connectivity index (χ0) is 51.1. The molecule has 4 atom stereocenters. The smallest absolute Gasteiger partial charge is 0.399 e. The lowest BCUT2D eigenvalue weighted by Gasteiger charge is -2.50. The van der Waals surface area contributed by atoms with Crippen LogP contribution in [0.25, 0.3) is 0 Å². The van der Waals surface area contributed by atoms with E-state index in [-0.39, 0.29) is 34.3 Å².